The zero-order valence-electron chi connectivity index (χ0n) is 43.6. The molecular weight excluding hydrogens is 753 g/mol. The van der Waals surface area contributed by atoms with Crippen LogP contribution in [0.25, 0.3) is 0 Å². The van der Waals surface area contributed by atoms with E-state index in [1.807, 2.05) is 11.1 Å². The summed E-state index contributed by atoms with van der Waals surface area (Å²) < 4.78 is 0. The van der Waals surface area contributed by atoms with Crippen molar-refractivity contribution in [3.05, 3.63) is 34.6 Å². The van der Waals surface area contributed by atoms with Crippen LogP contribution in [0.2, 0.25) is 0 Å². The summed E-state index contributed by atoms with van der Waals surface area (Å²) in [7, 11) is 0. The molecule has 0 heterocycles. The summed E-state index contributed by atoms with van der Waals surface area (Å²) in [6.07, 6.45) is 32.4. The van der Waals surface area contributed by atoms with Gasteiger partial charge in [0.1, 0.15) is 0 Å². The Kier molecular flexibility index (Phi) is 12.1. The van der Waals surface area contributed by atoms with Crippen LogP contribution in [-0.4, -0.2) is 16.3 Å². The first-order chi connectivity index (χ1) is 28.8. The molecule has 62 heavy (non-hydrogen) atoms. The van der Waals surface area contributed by atoms with E-state index in [-0.39, 0.29) is 16.9 Å². The molecule has 6 saturated carbocycles. The Balaban J connectivity index is 0.000000171. The summed E-state index contributed by atoms with van der Waals surface area (Å²) in [5, 5.41) is 22.1. The van der Waals surface area contributed by atoms with E-state index in [0.717, 1.165) is 54.1 Å². The van der Waals surface area contributed by atoms with E-state index in [0.29, 0.717) is 49.7 Å². The van der Waals surface area contributed by atoms with Crippen molar-refractivity contribution >= 4 is 0 Å². The maximum Gasteiger partial charge on any atom is 0.0953 e. The van der Waals surface area contributed by atoms with Crippen molar-refractivity contribution in [2.45, 2.75) is 245 Å². The number of aliphatic hydroxyl groups excluding tert-OH is 2. The average Bonchev–Trinajstić information content (AvgIpc) is 3.69. The third-order valence-electron chi connectivity index (χ3n) is 24.3. The molecule has 9 aliphatic carbocycles. The van der Waals surface area contributed by atoms with E-state index in [9.17, 15) is 10.2 Å². The Hall–Kier alpha value is -1.02. The second-order valence-electron chi connectivity index (χ2n) is 28.1. The smallest absolute Gasteiger partial charge is 0.0953 e. The molecule has 0 aromatic carbocycles. The van der Waals surface area contributed by atoms with Crippen molar-refractivity contribution in [1.82, 2.24) is 0 Å². The van der Waals surface area contributed by atoms with Gasteiger partial charge in [0.25, 0.3) is 0 Å². The standard InChI is InChI=1S/2C30H50O/c1-20(2)9-8-10-21(3)22-13-16-28(7)24-12-11-23-26(4,5)15-14-25(31)30(23)19-29(24,30)18-17-27(22,28)6;1-20(2)10-9-11-21(3)22-14-18-30(8)24-12-13-25-27(4,5)26(31)16-17-28(25,6)23(24)15-19-29(22,30)7/h14,20-24,31H,8-13,15-19H2,1-7H3;10,21-22,25-26,31H,9,11-19H2,1-8H3/t21-,22-,23+,24+,27-,28+,29+,30-;21-,22-,25+,26+,28-,29-,30+/m11/s1. The molecule has 2 N–H and O–H groups in total. The summed E-state index contributed by atoms with van der Waals surface area (Å²) in [5.41, 5.74) is 8.29. The number of fused-ring (bicyclic) bond motifs is 6. The number of aliphatic hydroxyl groups is 2. The maximum atomic E-state index is 11.3. The SMILES string of the molecule is CC(C)=CCC[C@@H](C)[C@H]1CC[C@@]2(C)C3=C(CC[C@]12C)[C@@]1(C)CC[C@H](O)C(C)(C)[C@@H]1CC3.CC(C)CCC[C@@H](C)[C@H]1CC[C@@]2(C)[C@@H]3CC[C@H]4C(C)(C)CC=C(O)[C@@]45C[C@@]35CC[C@]12C. The monoisotopic (exact) mass is 853 g/mol. The Labute approximate surface area is 384 Å². The van der Waals surface area contributed by atoms with E-state index < -0.39 is 0 Å². The number of hydrogen-bond donors (Lipinski definition) is 2. The van der Waals surface area contributed by atoms with Crippen molar-refractivity contribution < 1.29 is 10.2 Å². The van der Waals surface area contributed by atoms with Gasteiger partial charge in [0.2, 0.25) is 0 Å². The van der Waals surface area contributed by atoms with Crippen LogP contribution in [0.4, 0.5) is 0 Å². The van der Waals surface area contributed by atoms with Crippen LogP contribution >= 0.6 is 0 Å². The van der Waals surface area contributed by atoms with Gasteiger partial charge in [0.05, 0.1) is 11.9 Å². The summed E-state index contributed by atoms with van der Waals surface area (Å²) >= 11 is 0. The van der Waals surface area contributed by atoms with Crippen LogP contribution in [0.3, 0.4) is 0 Å². The quantitative estimate of drug-likeness (QED) is 0.227. The predicted octanol–water partition coefficient (Wildman–Crippen LogP) is 17.4. The summed E-state index contributed by atoms with van der Waals surface area (Å²) in [6, 6.07) is 0. The van der Waals surface area contributed by atoms with Crippen LogP contribution in [0, 0.1) is 96.1 Å². The van der Waals surface area contributed by atoms with E-state index >= 15 is 0 Å². The molecule has 0 aliphatic heterocycles. The van der Waals surface area contributed by atoms with Crippen molar-refractivity contribution in [2.75, 3.05) is 0 Å². The zero-order valence-corrected chi connectivity index (χ0v) is 43.6. The number of rotatable bonds is 9. The van der Waals surface area contributed by atoms with Crippen LogP contribution in [0.15, 0.2) is 34.6 Å². The largest absolute Gasteiger partial charge is 0.512 e. The first-order valence-electron chi connectivity index (χ1n) is 27.3. The second kappa shape index (κ2) is 15.8. The maximum absolute atomic E-state index is 11.3. The van der Waals surface area contributed by atoms with Gasteiger partial charge in [-0.3, -0.25) is 0 Å². The molecule has 9 aliphatic rings. The number of hydrogen-bond acceptors (Lipinski definition) is 2. The summed E-state index contributed by atoms with van der Waals surface area (Å²) in [6.45, 7) is 37.3. The van der Waals surface area contributed by atoms with E-state index in [2.05, 4.69) is 116 Å². The van der Waals surface area contributed by atoms with Crippen molar-refractivity contribution in [3.8, 4) is 0 Å². The van der Waals surface area contributed by atoms with Crippen LogP contribution in [0.5, 0.6) is 0 Å². The molecule has 9 rings (SSSR count). The fourth-order valence-electron chi connectivity index (χ4n) is 20.3. The molecule has 15 atom stereocenters. The van der Waals surface area contributed by atoms with Gasteiger partial charge in [-0.15, -0.1) is 0 Å². The lowest BCUT2D eigenvalue weighted by molar-refractivity contribution is -0.134. The molecule has 0 radical (unpaired) electrons. The molecule has 0 aromatic rings. The van der Waals surface area contributed by atoms with Gasteiger partial charge in [-0.05, 0) is 226 Å². The Morgan fingerprint density at radius 1 is 0.661 bits per heavy atom. The molecule has 352 valence electrons. The minimum absolute atomic E-state index is 0.0465. The summed E-state index contributed by atoms with van der Waals surface area (Å²) in [4.78, 5) is 0. The van der Waals surface area contributed by atoms with Crippen molar-refractivity contribution in [2.24, 2.45) is 96.1 Å². The van der Waals surface area contributed by atoms with Gasteiger partial charge in [-0.2, -0.15) is 0 Å². The molecular formula is C60H100O2. The molecule has 0 saturated heterocycles. The van der Waals surface area contributed by atoms with Gasteiger partial charge >= 0.3 is 0 Å². The van der Waals surface area contributed by atoms with Crippen molar-refractivity contribution in [1.29, 1.82) is 0 Å². The first-order valence-corrected chi connectivity index (χ1v) is 27.3. The lowest BCUT2D eigenvalue weighted by Crippen LogP contribution is -2.56. The molecule has 0 amide bonds. The van der Waals surface area contributed by atoms with E-state index in [4.69, 9.17) is 0 Å². The highest BCUT2D eigenvalue weighted by Crippen LogP contribution is 2.89. The molecule has 2 nitrogen and oxygen atoms in total. The Bertz CT molecular complexity index is 1790. The third kappa shape index (κ3) is 6.63. The topological polar surface area (TPSA) is 40.5 Å². The predicted molar refractivity (Wildman–Crippen MR) is 264 cm³/mol. The Morgan fingerprint density at radius 2 is 1.32 bits per heavy atom. The van der Waals surface area contributed by atoms with Crippen molar-refractivity contribution in [3.63, 3.8) is 0 Å². The minimum Gasteiger partial charge on any atom is -0.512 e. The fourth-order valence-corrected chi connectivity index (χ4v) is 20.3. The Morgan fingerprint density at radius 3 is 2.02 bits per heavy atom. The molecule has 2 heteroatoms. The number of allylic oxidation sites excluding steroid dienone is 6. The summed E-state index contributed by atoms with van der Waals surface area (Å²) in [5.74, 6) is 7.27. The van der Waals surface area contributed by atoms with Gasteiger partial charge < -0.3 is 10.2 Å². The van der Waals surface area contributed by atoms with Gasteiger partial charge in [-0.25, -0.2) is 0 Å². The van der Waals surface area contributed by atoms with Crippen LogP contribution < -0.4 is 0 Å². The molecule has 0 unspecified atom stereocenters. The molecule has 0 aromatic heterocycles. The third-order valence-corrected chi connectivity index (χ3v) is 24.3. The van der Waals surface area contributed by atoms with Gasteiger partial charge in [0, 0.05) is 5.41 Å². The van der Waals surface area contributed by atoms with Gasteiger partial charge in [-0.1, -0.05) is 132 Å². The second-order valence-corrected chi connectivity index (χ2v) is 28.1. The first kappa shape index (κ1) is 47.5. The van der Waals surface area contributed by atoms with Gasteiger partial charge in [0.15, 0.2) is 0 Å². The molecule has 2 spiro atoms. The minimum atomic E-state index is -0.130. The highest BCUT2D eigenvalue weighted by Gasteiger charge is 2.83. The van der Waals surface area contributed by atoms with E-state index in [1.54, 1.807) is 0 Å². The van der Waals surface area contributed by atoms with Crippen LogP contribution in [-0.2, 0) is 0 Å². The molecule has 6 fully saturated rings. The normalized spacial score (nSPS) is 47.8. The highest BCUT2D eigenvalue weighted by molar-refractivity contribution is 5.40. The fraction of sp³-hybridized carbons (Fsp3) is 0.900. The lowest BCUT2D eigenvalue weighted by Gasteiger charge is -2.62. The molecule has 0 bridgehead atoms. The van der Waals surface area contributed by atoms with E-state index in [1.165, 1.54) is 128 Å². The lowest BCUT2D eigenvalue weighted by atomic mass is 9.42. The average molecular weight is 853 g/mol. The zero-order chi connectivity index (χ0) is 45.3. The highest BCUT2D eigenvalue weighted by atomic mass is 16.3. The van der Waals surface area contributed by atoms with Crippen LogP contribution in [0.1, 0.15) is 239 Å².